The number of non-ortho nitro benzene ring substituents is 1. The number of carboxylic acids is 1. The fourth-order valence-corrected chi connectivity index (χ4v) is 3.36. The Morgan fingerprint density at radius 1 is 1.36 bits per heavy atom. The lowest BCUT2D eigenvalue weighted by Crippen LogP contribution is -2.45. The molecule has 0 aliphatic carbocycles. The standard InChI is InChI=1S/C17H17N3O5/c1-10-9-19(8-6-11(10)17(22)23)16(21)13-4-5-14(20(24)25)12-3-2-7-18-15(12)13/h2-5,7,10-11H,6,8-9H2,1H3,(H,22,23). The number of carboxylic acid groups (broad SMARTS) is 1. The first-order chi connectivity index (χ1) is 11.9. The third-order valence-corrected chi connectivity index (χ3v) is 4.68. The summed E-state index contributed by atoms with van der Waals surface area (Å²) in [6.07, 6.45) is 1.88. The molecule has 1 aliphatic rings. The lowest BCUT2D eigenvalue weighted by Gasteiger charge is -2.35. The molecule has 1 N–H and O–H groups in total. The van der Waals surface area contributed by atoms with E-state index in [0.717, 1.165) is 0 Å². The van der Waals surface area contributed by atoms with Crippen LogP contribution in [0.4, 0.5) is 5.69 Å². The molecular weight excluding hydrogens is 326 g/mol. The molecule has 2 atom stereocenters. The maximum absolute atomic E-state index is 12.9. The van der Waals surface area contributed by atoms with Crippen LogP contribution in [0.1, 0.15) is 23.7 Å². The molecular formula is C17H17N3O5. The Morgan fingerprint density at radius 2 is 2.12 bits per heavy atom. The second-order valence-electron chi connectivity index (χ2n) is 6.25. The number of nitrogens with zero attached hydrogens (tertiary/aromatic N) is 3. The van der Waals surface area contributed by atoms with Crippen LogP contribution in [0.25, 0.3) is 10.9 Å². The second kappa shape index (κ2) is 6.46. The maximum atomic E-state index is 12.9. The van der Waals surface area contributed by atoms with Crippen molar-refractivity contribution in [2.75, 3.05) is 13.1 Å². The molecule has 0 radical (unpaired) electrons. The number of nitro benzene ring substituents is 1. The Bertz CT molecular complexity index is 866. The SMILES string of the molecule is CC1CN(C(=O)c2ccc([N+](=O)[O-])c3cccnc23)CCC1C(=O)O. The van der Waals surface area contributed by atoms with E-state index in [1.807, 2.05) is 6.92 Å². The molecule has 1 aliphatic heterocycles. The summed E-state index contributed by atoms with van der Waals surface area (Å²) in [6, 6.07) is 5.88. The summed E-state index contributed by atoms with van der Waals surface area (Å²) in [4.78, 5) is 40.5. The van der Waals surface area contributed by atoms with Crippen LogP contribution >= 0.6 is 0 Å². The number of piperidine rings is 1. The number of fused-ring (bicyclic) bond motifs is 1. The van der Waals surface area contributed by atoms with E-state index in [2.05, 4.69) is 4.98 Å². The average molecular weight is 343 g/mol. The molecule has 8 nitrogen and oxygen atoms in total. The van der Waals surface area contributed by atoms with Crippen LogP contribution in [-0.2, 0) is 4.79 Å². The van der Waals surface area contributed by atoms with Crippen LogP contribution in [-0.4, -0.2) is 44.9 Å². The third-order valence-electron chi connectivity index (χ3n) is 4.68. The quantitative estimate of drug-likeness (QED) is 0.676. The van der Waals surface area contributed by atoms with Crippen molar-refractivity contribution in [1.29, 1.82) is 0 Å². The van der Waals surface area contributed by atoms with Crippen LogP contribution in [0.3, 0.4) is 0 Å². The Balaban J connectivity index is 1.95. The molecule has 2 heterocycles. The number of likely N-dealkylation sites (tertiary alicyclic amines) is 1. The lowest BCUT2D eigenvalue weighted by molar-refractivity contribution is -0.383. The number of aromatic nitrogens is 1. The van der Waals surface area contributed by atoms with E-state index in [4.69, 9.17) is 0 Å². The second-order valence-corrected chi connectivity index (χ2v) is 6.25. The van der Waals surface area contributed by atoms with Crippen LogP contribution in [0.5, 0.6) is 0 Å². The van der Waals surface area contributed by atoms with E-state index in [-0.39, 0.29) is 23.0 Å². The van der Waals surface area contributed by atoms with E-state index in [1.165, 1.54) is 18.3 Å². The summed E-state index contributed by atoms with van der Waals surface area (Å²) < 4.78 is 0. The number of hydrogen-bond acceptors (Lipinski definition) is 5. The van der Waals surface area contributed by atoms with Gasteiger partial charge in [0, 0.05) is 25.4 Å². The summed E-state index contributed by atoms with van der Waals surface area (Å²) in [5.74, 6) is -1.75. The van der Waals surface area contributed by atoms with Gasteiger partial charge >= 0.3 is 5.97 Å². The van der Waals surface area contributed by atoms with Gasteiger partial charge < -0.3 is 10.0 Å². The number of carbonyl (C=O) groups is 2. The minimum absolute atomic E-state index is 0.0994. The van der Waals surface area contributed by atoms with Gasteiger partial charge in [-0.3, -0.25) is 24.7 Å². The number of benzene rings is 1. The molecule has 25 heavy (non-hydrogen) atoms. The summed E-state index contributed by atoms with van der Waals surface area (Å²) in [6.45, 7) is 2.48. The Morgan fingerprint density at radius 3 is 2.76 bits per heavy atom. The lowest BCUT2D eigenvalue weighted by atomic mass is 9.86. The zero-order valence-corrected chi connectivity index (χ0v) is 13.6. The first-order valence-electron chi connectivity index (χ1n) is 7.94. The molecule has 1 aromatic carbocycles. The fourth-order valence-electron chi connectivity index (χ4n) is 3.36. The molecule has 130 valence electrons. The number of carbonyl (C=O) groups excluding carboxylic acids is 1. The van der Waals surface area contributed by atoms with Gasteiger partial charge in [-0.25, -0.2) is 0 Å². The zero-order chi connectivity index (χ0) is 18.1. The van der Waals surface area contributed by atoms with Crippen molar-refractivity contribution in [3.05, 3.63) is 46.1 Å². The summed E-state index contributed by atoms with van der Waals surface area (Å²) in [5.41, 5.74) is 0.481. The van der Waals surface area contributed by atoms with Crippen molar-refractivity contribution in [2.24, 2.45) is 11.8 Å². The Labute approximate surface area is 143 Å². The maximum Gasteiger partial charge on any atom is 0.306 e. The summed E-state index contributed by atoms with van der Waals surface area (Å²) >= 11 is 0. The molecule has 0 bridgehead atoms. The van der Waals surface area contributed by atoms with Crippen molar-refractivity contribution >= 4 is 28.5 Å². The summed E-state index contributed by atoms with van der Waals surface area (Å²) in [5, 5.41) is 20.7. The van der Waals surface area contributed by atoms with E-state index in [9.17, 15) is 24.8 Å². The van der Waals surface area contributed by atoms with Gasteiger partial charge in [-0.15, -0.1) is 0 Å². The normalized spacial score (nSPS) is 20.4. The predicted molar refractivity (Wildman–Crippen MR) is 89.2 cm³/mol. The van der Waals surface area contributed by atoms with Gasteiger partial charge in [0.15, 0.2) is 0 Å². The Kier molecular flexibility index (Phi) is 4.35. The van der Waals surface area contributed by atoms with Gasteiger partial charge in [0.05, 0.1) is 27.3 Å². The van der Waals surface area contributed by atoms with Crippen LogP contribution in [0, 0.1) is 22.0 Å². The molecule has 2 unspecified atom stereocenters. The molecule has 8 heteroatoms. The van der Waals surface area contributed by atoms with E-state index in [0.29, 0.717) is 30.5 Å². The van der Waals surface area contributed by atoms with Crippen molar-refractivity contribution in [1.82, 2.24) is 9.88 Å². The first-order valence-corrected chi connectivity index (χ1v) is 7.94. The van der Waals surface area contributed by atoms with Crippen molar-refractivity contribution in [3.63, 3.8) is 0 Å². The van der Waals surface area contributed by atoms with E-state index >= 15 is 0 Å². The molecule has 3 rings (SSSR count). The first kappa shape index (κ1) is 16.8. The third kappa shape index (κ3) is 3.02. The molecule has 1 aromatic heterocycles. The minimum atomic E-state index is -0.845. The number of aliphatic carboxylic acids is 1. The summed E-state index contributed by atoms with van der Waals surface area (Å²) in [7, 11) is 0. The largest absolute Gasteiger partial charge is 0.481 e. The number of amides is 1. The van der Waals surface area contributed by atoms with Crippen LogP contribution in [0.2, 0.25) is 0 Å². The van der Waals surface area contributed by atoms with E-state index < -0.39 is 16.8 Å². The predicted octanol–water partition coefficient (Wildman–Crippen LogP) is 2.33. The highest BCUT2D eigenvalue weighted by Gasteiger charge is 2.34. The van der Waals surface area contributed by atoms with Crippen molar-refractivity contribution in [2.45, 2.75) is 13.3 Å². The molecule has 1 fully saturated rings. The smallest absolute Gasteiger partial charge is 0.306 e. The number of rotatable bonds is 3. The van der Waals surface area contributed by atoms with Gasteiger partial charge in [-0.05, 0) is 30.5 Å². The van der Waals surface area contributed by atoms with Crippen LogP contribution < -0.4 is 0 Å². The average Bonchev–Trinajstić information content (AvgIpc) is 2.59. The highest BCUT2D eigenvalue weighted by Crippen LogP contribution is 2.29. The van der Waals surface area contributed by atoms with Gasteiger partial charge in [-0.2, -0.15) is 0 Å². The topological polar surface area (TPSA) is 114 Å². The van der Waals surface area contributed by atoms with Gasteiger partial charge in [0.1, 0.15) is 0 Å². The van der Waals surface area contributed by atoms with E-state index in [1.54, 1.807) is 17.0 Å². The van der Waals surface area contributed by atoms with Gasteiger partial charge in [0.25, 0.3) is 11.6 Å². The fraction of sp³-hybridized carbons (Fsp3) is 0.353. The zero-order valence-electron chi connectivity index (χ0n) is 13.6. The molecule has 0 saturated carbocycles. The van der Waals surface area contributed by atoms with Gasteiger partial charge in [0.2, 0.25) is 0 Å². The highest BCUT2D eigenvalue weighted by atomic mass is 16.6. The monoisotopic (exact) mass is 343 g/mol. The van der Waals surface area contributed by atoms with Gasteiger partial charge in [-0.1, -0.05) is 6.92 Å². The van der Waals surface area contributed by atoms with Crippen LogP contribution in [0.15, 0.2) is 30.5 Å². The molecule has 2 aromatic rings. The highest BCUT2D eigenvalue weighted by molar-refractivity contribution is 6.07. The molecule has 0 spiro atoms. The number of hydrogen-bond donors (Lipinski definition) is 1. The Hall–Kier alpha value is -3.03. The van der Waals surface area contributed by atoms with Crippen molar-refractivity contribution < 1.29 is 19.6 Å². The minimum Gasteiger partial charge on any atom is -0.481 e. The number of pyridine rings is 1. The molecule has 1 saturated heterocycles. The molecule has 1 amide bonds. The van der Waals surface area contributed by atoms with Crippen molar-refractivity contribution in [3.8, 4) is 0 Å². The number of nitro groups is 1.